The van der Waals surface area contributed by atoms with E-state index in [9.17, 15) is 4.79 Å². The Morgan fingerprint density at radius 1 is 1.37 bits per heavy atom. The highest BCUT2D eigenvalue weighted by molar-refractivity contribution is 5.67. The summed E-state index contributed by atoms with van der Waals surface area (Å²) in [6, 6.07) is 6.06. The smallest absolute Gasteiger partial charge is 0.303 e. The first kappa shape index (κ1) is 15.3. The van der Waals surface area contributed by atoms with Crippen molar-refractivity contribution in [1.29, 1.82) is 0 Å². The number of methoxy groups -OCH3 is 1. The number of rotatable bonds is 7. The van der Waals surface area contributed by atoms with Crippen LogP contribution in [0.2, 0.25) is 0 Å². The standard InChI is InChI=1S/C15H23NO3/c1-10(2)12-5-6-14(19-4)13(8-12)16-9-11(3)7-15(17)18/h5-6,8,10-11,16H,7,9H2,1-4H3,(H,17,18). The number of carboxylic acid groups (broad SMARTS) is 1. The van der Waals surface area contributed by atoms with Gasteiger partial charge in [0.15, 0.2) is 0 Å². The minimum absolute atomic E-state index is 0.0740. The van der Waals surface area contributed by atoms with Gasteiger partial charge in [0.05, 0.1) is 12.8 Å². The second kappa shape index (κ2) is 7.02. The normalized spacial score (nSPS) is 12.3. The third-order valence-electron chi connectivity index (χ3n) is 3.05. The van der Waals surface area contributed by atoms with Crippen LogP contribution < -0.4 is 10.1 Å². The molecule has 0 aliphatic rings. The lowest BCUT2D eigenvalue weighted by Gasteiger charge is -2.16. The van der Waals surface area contributed by atoms with Crippen LogP contribution in [0.15, 0.2) is 18.2 Å². The zero-order valence-corrected chi connectivity index (χ0v) is 12.1. The molecule has 0 radical (unpaired) electrons. The molecule has 0 amide bonds. The van der Waals surface area contributed by atoms with Crippen LogP contribution in [0, 0.1) is 5.92 Å². The molecule has 4 nitrogen and oxygen atoms in total. The molecule has 1 rings (SSSR count). The topological polar surface area (TPSA) is 58.6 Å². The van der Waals surface area contributed by atoms with Gasteiger partial charge in [0, 0.05) is 13.0 Å². The number of benzene rings is 1. The maximum Gasteiger partial charge on any atom is 0.303 e. The van der Waals surface area contributed by atoms with Crippen molar-refractivity contribution in [3.8, 4) is 5.75 Å². The molecule has 0 aliphatic heterocycles. The number of nitrogens with one attached hydrogen (secondary N) is 1. The molecule has 0 saturated carbocycles. The van der Waals surface area contributed by atoms with Crippen LogP contribution in [0.3, 0.4) is 0 Å². The number of ether oxygens (including phenoxy) is 1. The Kier molecular flexibility index (Phi) is 5.67. The number of carboxylic acids is 1. The van der Waals surface area contributed by atoms with Crippen molar-refractivity contribution in [3.63, 3.8) is 0 Å². The molecule has 2 N–H and O–H groups in total. The molecule has 1 aromatic rings. The van der Waals surface area contributed by atoms with Gasteiger partial charge in [-0.05, 0) is 29.5 Å². The van der Waals surface area contributed by atoms with Crippen molar-refractivity contribution in [2.24, 2.45) is 5.92 Å². The first-order valence-corrected chi connectivity index (χ1v) is 6.57. The molecule has 0 heterocycles. The fraction of sp³-hybridized carbons (Fsp3) is 0.533. The molecule has 19 heavy (non-hydrogen) atoms. The molecular weight excluding hydrogens is 242 g/mol. The van der Waals surface area contributed by atoms with E-state index >= 15 is 0 Å². The summed E-state index contributed by atoms with van der Waals surface area (Å²) >= 11 is 0. The Bertz CT molecular complexity index is 429. The first-order chi connectivity index (χ1) is 8.93. The first-order valence-electron chi connectivity index (χ1n) is 6.57. The monoisotopic (exact) mass is 265 g/mol. The number of hydrogen-bond donors (Lipinski definition) is 2. The highest BCUT2D eigenvalue weighted by Crippen LogP contribution is 2.28. The van der Waals surface area contributed by atoms with Gasteiger partial charge >= 0.3 is 5.97 Å². The minimum Gasteiger partial charge on any atom is -0.495 e. The highest BCUT2D eigenvalue weighted by Gasteiger charge is 2.10. The molecule has 0 aliphatic carbocycles. The fourth-order valence-corrected chi connectivity index (χ4v) is 1.88. The molecule has 1 atom stereocenters. The fourth-order valence-electron chi connectivity index (χ4n) is 1.88. The summed E-state index contributed by atoms with van der Waals surface area (Å²) < 4.78 is 5.31. The van der Waals surface area contributed by atoms with Crippen LogP contribution in [0.25, 0.3) is 0 Å². The lowest BCUT2D eigenvalue weighted by molar-refractivity contribution is -0.137. The third kappa shape index (κ3) is 4.81. The summed E-state index contributed by atoms with van der Waals surface area (Å²) in [5, 5.41) is 12.0. The molecule has 0 fully saturated rings. The summed E-state index contributed by atoms with van der Waals surface area (Å²) in [5.41, 5.74) is 2.15. The zero-order valence-electron chi connectivity index (χ0n) is 12.1. The van der Waals surface area contributed by atoms with Gasteiger partial charge in [0.25, 0.3) is 0 Å². The Balaban J connectivity index is 2.75. The van der Waals surface area contributed by atoms with Crippen LogP contribution in [0.4, 0.5) is 5.69 Å². The van der Waals surface area contributed by atoms with E-state index in [1.165, 1.54) is 5.56 Å². The Labute approximate surface area is 114 Å². The van der Waals surface area contributed by atoms with Crippen molar-refractivity contribution in [1.82, 2.24) is 0 Å². The lowest BCUT2D eigenvalue weighted by Crippen LogP contribution is -2.15. The van der Waals surface area contributed by atoms with Gasteiger partial charge in [-0.1, -0.05) is 26.8 Å². The average molecular weight is 265 g/mol. The van der Waals surface area contributed by atoms with Crippen LogP contribution in [0.5, 0.6) is 5.75 Å². The summed E-state index contributed by atoms with van der Waals surface area (Å²) in [6.45, 7) is 6.81. The number of aliphatic carboxylic acids is 1. The van der Waals surface area contributed by atoms with E-state index in [4.69, 9.17) is 9.84 Å². The van der Waals surface area contributed by atoms with Crippen LogP contribution in [0.1, 0.15) is 38.7 Å². The van der Waals surface area contributed by atoms with Gasteiger partial charge in [-0.3, -0.25) is 4.79 Å². The number of anilines is 1. The lowest BCUT2D eigenvalue weighted by atomic mass is 10.0. The van der Waals surface area contributed by atoms with Gasteiger partial charge in [-0.2, -0.15) is 0 Å². The van der Waals surface area contributed by atoms with Crippen molar-refractivity contribution in [3.05, 3.63) is 23.8 Å². The van der Waals surface area contributed by atoms with Gasteiger partial charge in [0.1, 0.15) is 5.75 Å². The van der Waals surface area contributed by atoms with E-state index < -0.39 is 5.97 Å². The van der Waals surface area contributed by atoms with Crippen LogP contribution in [-0.4, -0.2) is 24.7 Å². The molecule has 0 bridgehead atoms. The van der Waals surface area contributed by atoms with Gasteiger partial charge in [0.2, 0.25) is 0 Å². The molecule has 0 saturated heterocycles. The van der Waals surface area contributed by atoms with Gasteiger partial charge in [-0.25, -0.2) is 0 Å². The molecule has 1 unspecified atom stereocenters. The molecule has 0 aromatic heterocycles. The van der Waals surface area contributed by atoms with Crippen LogP contribution >= 0.6 is 0 Å². The Morgan fingerprint density at radius 3 is 2.58 bits per heavy atom. The highest BCUT2D eigenvalue weighted by atomic mass is 16.5. The third-order valence-corrected chi connectivity index (χ3v) is 3.05. The van der Waals surface area contributed by atoms with Crippen molar-refractivity contribution in [2.75, 3.05) is 19.0 Å². The maximum atomic E-state index is 10.6. The molecule has 106 valence electrons. The van der Waals surface area contributed by atoms with Crippen LogP contribution in [-0.2, 0) is 4.79 Å². The van der Waals surface area contributed by atoms with Gasteiger partial charge < -0.3 is 15.2 Å². The molecule has 4 heteroatoms. The Hall–Kier alpha value is -1.71. The van der Waals surface area contributed by atoms with E-state index in [1.54, 1.807) is 7.11 Å². The molecule has 1 aromatic carbocycles. The van der Waals surface area contributed by atoms with Crippen molar-refractivity contribution < 1.29 is 14.6 Å². The summed E-state index contributed by atoms with van der Waals surface area (Å²) in [4.78, 5) is 10.6. The summed E-state index contributed by atoms with van der Waals surface area (Å²) in [6.07, 6.45) is 0.166. The van der Waals surface area contributed by atoms with E-state index in [2.05, 4.69) is 31.3 Å². The molecular formula is C15H23NO3. The predicted octanol–water partition coefficient (Wildman–Crippen LogP) is 3.34. The molecule has 0 spiro atoms. The largest absolute Gasteiger partial charge is 0.495 e. The quantitative estimate of drug-likeness (QED) is 0.794. The van der Waals surface area contributed by atoms with Crippen molar-refractivity contribution >= 4 is 11.7 Å². The SMILES string of the molecule is COc1ccc(C(C)C)cc1NCC(C)CC(=O)O. The number of carbonyl (C=O) groups is 1. The van der Waals surface area contributed by atoms with E-state index in [0.29, 0.717) is 12.5 Å². The average Bonchev–Trinajstić information content (AvgIpc) is 2.35. The van der Waals surface area contributed by atoms with E-state index in [0.717, 1.165) is 11.4 Å². The Morgan fingerprint density at radius 2 is 2.05 bits per heavy atom. The summed E-state index contributed by atoms with van der Waals surface area (Å²) in [7, 11) is 1.64. The van der Waals surface area contributed by atoms with E-state index in [1.807, 2.05) is 13.0 Å². The van der Waals surface area contributed by atoms with Gasteiger partial charge in [-0.15, -0.1) is 0 Å². The maximum absolute atomic E-state index is 10.6. The summed E-state index contributed by atoms with van der Waals surface area (Å²) in [5.74, 6) is 0.539. The number of hydrogen-bond acceptors (Lipinski definition) is 3. The predicted molar refractivity (Wildman–Crippen MR) is 77.0 cm³/mol. The van der Waals surface area contributed by atoms with Crippen molar-refractivity contribution in [2.45, 2.75) is 33.1 Å². The van der Waals surface area contributed by atoms with E-state index in [-0.39, 0.29) is 12.3 Å². The second-order valence-electron chi connectivity index (χ2n) is 5.20. The second-order valence-corrected chi connectivity index (χ2v) is 5.20. The zero-order chi connectivity index (χ0) is 14.4. The minimum atomic E-state index is -0.766.